The number of carboxylic acids is 1. The molecule has 0 saturated carbocycles. The van der Waals surface area contributed by atoms with Gasteiger partial charge in [-0.2, -0.15) is 0 Å². The smallest absolute Gasteiger partial charge is 0.338 e. The first-order chi connectivity index (χ1) is 19.7. The predicted octanol–water partition coefficient (Wildman–Crippen LogP) is 2.31. The van der Waals surface area contributed by atoms with Gasteiger partial charge in [-0.05, 0) is 48.9 Å². The fourth-order valence-electron chi connectivity index (χ4n) is 4.77. The number of likely N-dealkylation sites (tertiary alicyclic amines) is 1. The number of carbonyl (C=O) groups is 5. The number of thiazole rings is 1. The largest absolute Gasteiger partial charge is 0.484 e. The van der Waals surface area contributed by atoms with Crippen molar-refractivity contribution in [2.75, 3.05) is 25.1 Å². The summed E-state index contributed by atoms with van der Waals surface area (Å²) < 4.78 is 10.6. The lowest BCUT2D eigenvalue weighted by atomic mass is 9.83. The third-order valence-electron chi connectivity index (χ3n) is 6.48. The van der Waals surface area contributed by atoms with Gasteiger partial charge in [0.2, 0.25) is 11.8 Å². The zero-order valence-corrected chi connectivity index (χ0v) is 23.1. The van der Waals surface area contributed by atoms with Crippen molar-refractivity contribution in [1.82, 2.24) is 9.88 Å². The van der Waals surface area contributed by atoms with E-state index >= 15 is 0 Å². The number of rotatable bonds is 9. The summed E-state index contributed by atoms with van der Waals surface area (Å²) >= 11 is 1.98. The van der Waals surface area contributed by atoms with Crippen molar-refractivity contribution < 1.29 is 38.6 Å². The maximum atomic E-state index is 13.3. The second-order valence-electron chi connectivity index (χ2n) is 9.11. The molecule has 0 aliphatic carbocycles. The number of nitrogens with zero attached hydrogens (tertiary/aromatic N) is 1. The molecule has 0 spiro atoms. The van der Waals surface area contributed by atoms with Crippen molar-refractivity contribution in [1.29, 1.82) is 0 Å². The van der Waals surface area contributed by atoms with Gasteiger partial charge in [-0.15, -0.1) is 0 Å². The molecule has 3 amide bonds. The number of aromatic nitrogens is 1. The van der Waals surface area contributed by atoms with Crippen molar-refractivity contribution >= 4 is 58.4 Å². The highest BCUT2D eigenvalue weighted by Crippen LogP contribution is 2.52. The van der Waals surface area contributed by atoms with Crippen LogP contribution in [0.4, 0.5) is 5.69 Å². The van der Waals surface area contributed by atoms with E-state index in [1.807, 2.05) is 0 Å². The summed E-state index contributed by atoms with van der Waals surface area (Å²) in [5, 5.41) is 11.5. The first-order valence-corrected chi connectivity index (χ1v) is 14.1. The van der Waals surface area contributed by atoms with Crippen LogP contribution in [0.1, 0.15) is 33.6 Å². The second-order valence-corrected chi connectivity index (χ2v) is 11.3. The van der Waals surface area contributed by atoms with Crippen LogP contribution in [0.25, 0.3) is 0 Å². The van der Waals surface area contributed by atoms with E-state index in [0.29, 0.717) is 32.5 Å². The maximum absolute atomic E-state index is 13.3. The number of benzene rings is 2. The molecule has 14 heteroatoms. The van der Waals surface area contributed by atoms with Crippen molar-refractivity contribution in [3.63, 3.8) is 0 Å². The van der Waals surface area contributed by atoms with Crippen LogP contribution >= 0.6 is 23.1 Å². The fraction of sp³-hybridized carbons (Fsp3) is 0.259. The number of hydrogen-bond acceptors (Lipinski definition) is 10. The third-order valence-corrected chi connectivity index (χ3v) is 8.88. The van der Waals surface area contributed by atoms with Crippen LogP contribution in [0.3, 0.4) is 0 Å². The van der Waals surface area contributed by atoms with Gasteiger partial charge in [-0.25, -0.2) is 4.79 Å². The zero-order valence-electron chi connectivity index (χ0n) is 21.4. The van der Waals surface area contributed by atoms with Crippen molar-refractivity contribution in [3.8, 4) is 5.75 Å². The number of carboxylic acid groups (broad SMARTS) is 1. The molecule has 0 radical (unpaired) electrons. The number of aromatic amines is 1. The van der Waals surface area contributed by atoms with Crippen LogP contribution in [-0.2, 0) is 23.9 Å². The number of esters is 1. The van der Waals surface area contributed by atoms with Crippen LogP contribution in [0.5, 0.6) is 5.75 Å². The lowest BCUT2D eigenvalue weighted by molar-refractivity contribution is -0.149. The Morgan fingerprint density at radius 1 is 1.07 bits per heavy atom. The average molecular weight is 598 g/mol. The van der Waals surface area contributed by atoms with Crippen LogP contribution in [0.2, 0.25) is 0 Å². The van der Waals surface area contributed by atoms with E-state index < -0.39 is 53.3 Å². The van der Waals surface area contributed by atoms with Gasteiger partial charge in [0.15, 0.2) is 6.61 Å². The summed E-state index contributed by atoms with van der Waals surface area (Å²) in [6, 6.07) is 12.8. The van der Waals surface area contributed by atoms with E-state index in [9.17, 15) is 33.9 Å². The number of hydrogen-bond donors (Lipinski definition) is 3. The molecule has 3 atom stereocenters. The molecule has 0 bridgehead atoms. The molecule has 3 aromatic rings. The molecule has 1 saturated heterocycles. The molecule has 2 aliphatic heterocycles. The molecule has 2 aliphatic rings. The highest BCUT2D eigenvalue weighted by atomic mass is 32.2. The molecule has 5 rings (SSSR count). The molecule has 212 valence electrons. The highest BCUT2D eigenvalue weighted by Gasteiger charge is 2.56. The fourth-order valence-corrected chi connectivity index (χ4v) is 7.31. The Morgan fingerprint density at radius 2 is 1.83 bits per heavy atom. The SMILES string of the molecule is CCOC(=O)c1ccc(NC(=O)COc2cccc([C@@H]3c4sc(=O)[nH]c4SC4C(=O)N(CC(=O)O)C(=O)C43)c2)cc1. The van der Waals surface area contributed by atoms with Crippen molar-refractivity contribution in [2.24, 2.45) is 5.92 Å². The molecular formula is C27H23N3O9S2. The summed E-state index contributed by atoms with van der Waals surface area (Å²) in [7, 11) is 0. The first kappa shape index (κ1) is 28.1. The van der Waals surface area contributed by atoms with Crippen LogP contribution < -0.4 is 14.9 Å². The van der Waals surface area contributed by atoms with Gasteiger partial charge in [0.25, 0.3) is 5.91 Å². The molecule has 12 nitrogen and oxygen atoms in total. The third kappa shape index (κ3) is 5.74. The first-order valence-electron chi connectivity index (χ1n) is 12.4. The number of ether oxygens (including phenoxy) is 2. The lowest BCUT2D eigenvalue weighted by Crippen LogP contribution is -2.36. The number of anilines is 1. The Kier molecular flexibility index (Phi) is 7.94. The minimum Gasteiger partial charge on any atom is -0.484 e. The van der Waals surface area contributed by atoms with Gasteiger partial charge in [0.1, 0.15) is 17.5 Å². The number of amides is 3. The number of imide groups is 1. The Hall–Kier alpha value is -4.43. The number of H-pyrrole nitrogens is 1. The standard InChI is InChI=1S/C27H23N3O9S2/c1-2-38-26(36)13-6-8-15(9-7-13)28-17(31)12-39-16-5-3-4-14(10-16)19-20-22(40-23-21(19)41-27(37)29-23)25(35)30(24(20)34)11-18(32)33/h3-10,19-20,22H,2,11-12H2,1H3,(H,28,31)(H,29,37)(H,32,33)/t19-,20?,22?/m0/s1. The Balaban J connectivity index is 1.33. The lowest BCUT2D eigenvalue weighted by Gasteiger charge is -2.30. The minimum absolute atomic E-state index is 0.251. The number of aliphatic carboxylic acids is 1. The van der Waals surface area contributed by atoms with E-state index in [1.165, 1.54) is 12.1 Å². The molecule has 2 unspecified atom stereocenters. The Morgan fingerprint density at radius 3 is 2.54 bits per heavy atom. The number of carbonyl (C=O) groups excluding carboxylic acids is 4. The maximum Gasteiger partial charge on any atom is 0.338 e. The number of fused-ring (bicyclic) bond motifs is 2. The average Bonchev–Trinajstić information content (AvgIpc) is 3.43. The highest BCUT2D eigenvalue weighted by molar-refractivity contribution is 8.00. The summed E-state index contributed by atoms with van der Waals surface area (Å²) in [6.07, 6.45) is 0. The van der Waals surface area contributed by atoms with Gasteiger partial charge in [-0.3, -0.25) is 28.9 Å². The predicted molar refractivity (Wildman–Crippen MR) is 147 cm³/mol. The number of thioether (sulfide) groups is 1. The zero-order chi connectivity index (χ0) is 29.3. The molecule has 2 aromatic carbocycles. The van der Waals surface area contributed by atoms with Gasteiger partial charge in [0.05, 0.1) is 23.1 Å². The molecule has 1 aromatic heterocycles. The Bertz CT molecular complexity index is 1600. The van der Waals surface area contributed by atoms with Crippen LogP contribution in [-0.4, -0.2) is 69.7 Å². The normalized spacial score (nSPS) is 19.3. The summed E-state index contributed by atoms with van der Waals surface area (Å²) in [5.74, 6) is -4.77. The Labute approximate surface area is 240 Å². The number of nitrogens with one attached hydrogen (secondary N) is 2. The minimum atomic E-state index is -1.31. The van der Waals surface area contributed by atoms with Crippen molar-refractivity contribution in [2.45, 2.75) is 23.1 Å². The van der Waals surface area contributed by atoms with E-state index in [0.717, 1.165) is 28.0 Å². The van der Waals surface area contributed by atoms with Gasteiger partial charge >= 0.3 is 16.8 Å². The van der Waals surface area contributed by atoms with Crippen LogP contribution in [0, 0.1) is 5.92 Å². The van der Waals surface area contributed by atoms with E-state index in [-0.39, 0.29) is 18.1 Å². The van der Waals surface area contributed by atoms with E-state index in [2.05, 4.69) is 10.3 Å². The summed E-state index contributed by atoms with van der Waals surface area (Å²) in [6.45, 7) is 0.869. The van der Waals surface area contributed by atoms with Crippen LogP contribution in [0.15, 0.2) is 58.4 Å². The molecular weight excluding hydrogens is 574 g/mol. The topological polar surface area (TPSA) is 172 Å². The molecule has 3 N–H and O–H groups in total. The van der Waals surface area contributed by atoms with Gasteiger partial charge in [0, 0.05) is 16.5 Å². The van der Waals surface area contributed by atoms with E-state index in [1.54, 1.807) is 43.3 Å². The monoisotopic (exact) mass is 597 g/mol. The quantitative estimate of drug-likeness (QED) is 0.245. The van der Waals surface area contributed by atoms with Crippen molar-refractivity contribution in [3.05, 3.63) is 74.2 Å². The molecule has 41 heavy (non-hydrogen) atoms. The van der Waals surface area contributed by atoms with Gasteiger partial charge in [-0.1, -0.05) is 35.2 Å². The van der Waals surface area contributed by atoms with E-state index in [4.69, 9.17) is 9.47 Å². The van der Waals surface area contributed by atoms with Gasteiger partial charge < -0.3 is 24.9 Å². The molecule has 1 fully saturated rings. The molecule has 3 heterocycles. The summed E-state index contributed by atoms with van der Waals surface area (Å²) in [4.78, 5) is 77.8. The summed E-state index contributed by atoms with van der Waals surface area (Å²) in [5.41, 5.74) is 1.38. The second kappa shape index (κ2) is 11.6.